The average molecular weight is 1200 g/mol. The van der Waals surface area contributed by atoms with Gasteiger partial charge in [0, 0.05) is 12.8 Å². The molecule has 85 heavy (non-hydrogen) atoms. The highest BCUT2D eigenvalue weighted by Crippen LogP contribution is 2.20. The Hall–Kier alpha value is -1.66. The van der Waals surface area contributed by atoms with E-state index >= 15 is 0 Å². The number of aliphatic hydroxyl groups is 2. The van der Waals surface area contributed by atoms with Crippen molar-refractivity contribution in [3.63, 3.8) is 0 Å². The summed E-state index contributed by atoms with van der Waals surface area (Å²) in [5, 5.41) is 23.4. The highest BCUT2D eigenvalue weighted by molar-refractivity contribution is 5.76. The van der Waals surface area contributed by atoms with Crippen molar-refractivity contribution >= 4 is 11.9 Å². The Kier molecular flexibility index (Phi) is 73.3. The number of nitrogens with one attached hydrogen (secondary N) is 1. The molecular weight excluding hydrogens is 1040 g/mol. The fourth-order valence-electron chi connectivity index (χ4n) is 12.5. The zero-order valence-electron chi connectivity index (χ0n) is 57.9. The zero-order valence-corrected chi connectivity index (χ0v) is 57.9. The second-order valence-corrected chi connectivity index (χ2v) is 27.0. The largest absolute Gasteiger partial charge is 0.466 e. The first-order valence-electron chi connectivity index (χ1n) is 39.1. The van der Waals surface area contributed by atoms with E-state index < -0.39 is 12.1 Å². The molecule has 0 aliphatic heterocycles. The first-order valence-corrected chi connectivity index (χ1v) is 39.1. The second-order valence-electron chi connectivity index (χ2n) is 27.0. The van der Waals surface area contributed by atoms with Crippen LogP contribution in [0.25, 0.3) is 0 Å². The summed E-state index contributed by atoms with van der Waals surface area (Å²) < 4.78 is 5.51. The summed E-state index contributed by atoms with van der Waals surface area (Å²) in [6, 6.07) is -0.540. The minimum absolute atomic E-state index is 0.0158. The second kappa shape index (κ2) is 74.8. The maximum absolute atomic E-state index is 12.6. The van der Waals surface area contributed by atoms with Crippen LogP contribution in [-0.4, -0.2) is 47.4 Å². The molecule has 0 bridgehead atoms. The van der Waals surface area contributed by atoms with Crippen molar-refractivity contribution in [2.75, 3.05) is 13.2 Å². The molecule has 6 nitrogen and oxygen atoms in total. The highest BCUT2D eigenvalue weighted by atomic mass is 16.5. The van der Waals surface area contributed by atoms with Crippen LogP contribution in [0.3, 0.4) is 0 Å². The predicted molar refractivity (Wildman–Crippen MR) is 375 cm³/mol. The van der Waals surface area contributed by atoms with Gasteiger partial charge in [-0.25, -0.2) is 0 Å². The van der Waals surface area contributed by atoms with Crippen LogP contribution >= 0.6 is 0 Å². The number of rotatable bonds is 74. The van der Waals surface area contributed by atoms with Gasteiger partial charge in [-0.15, -0.1) is 0 Å². The molecule has 0 aromatic heterocycles. The van der Waals surface area contributed by atoms with Gasteiger partial charge in [0.2, 0.25) is 5.91 Å². The molecule has 0 aliphatic rings. The molecule has 0 aromatic carbocycles. The predicted octanol–water partition coefficient (Wildman–Crippen LogP) is 25.7. The number of carbonyl (C=O) groups excluding carboxylic acids is 2. The molecule has 0 heterocycles. The Morgan fingerprint density at radius 3 is 0.835 bits per heavy atom. The molecule has 0 saturated carbocycles. The summed E-state index contributed by atoms with van der Waals surface area (Å²) in [4.78, 5) is 24.7. The van der Waals surface area contributed by atoms with Gasteiger partial charge in [-0.3, -0.25) is 9.59 Å². The smallest absolute Gasteiger partial charge is 0.305 e. The number of allylic oxidation sites excluding steroid dienone is 4. The average Bonchev–Trinajstić information content (AvgIpc) is 3.51. The number of carbonyl (C=O) groups is 2. The van der Waals surface area contributed by atoms with E-state index in [-0.39, 0.29) is 18.5 Å². The van der Waals surface area contributed by atoms with Gasteiger partial charge >= 0.3 is 5.97 Å². The van der Waals surface area contributed by atoms with Crippen LogP contribution in [0.2, 0.25) is 0 Å². The third kappa shape index (κ3) is 71.3. The summed E-state index contributed by atoms with van der Waals surface area (Å²) in [6.07, 6.45) is 95.5. The molecule has 0 aromatic rings. The molecule has 3 N–H and O–H groups in total. The van der Waals surface area contributed by atoms with Gasteiger partial charge in [0.1, 0.15) is 0 Å². The monoisotopic (exact) mass is 1200 g/mol. The van der Waals surface area contributed by atoms with Crippen molar-refractivity contribution < 1.29 is 24.5 Å². The van der Waals surface area contributed by atoms with E-state index in [1.54, 1.807) is 0 Å². The number of hydrogen-bond donors (Lipinski definition) is 3. The molecule has 0 aliphatic carbocycles. The van der Waals surface area contributed by atoms with Gasteiger partial charge in [-0.1, -0.05) is 378 Å². The van der Waals surface area contributed by atoms with Crippen LogP contribution in [-0.2, 0) is 14.3 Å². The Morgan fingerprint density at radius 1 is 0.318 bits per heavy atom. The number of hydrogen-bond acceptors (Lipinski definition) is 5. The summed E-state index contributed by atoms with van der Waals surface area (Å²) >= 11 is 0. The SMILES string of the molecule is CCCCCCCCC/C=C\CCCCCCCCCC(=O)OCCCCCCCCCCCCCC/C=C\CCCCCCCCCCCCCCCCCC(=O)NC(CO)C(O)CCCCCCCCCCCCCCCCCCCCC. The summed E-state index contributed by atoms with van der Waals surface area (Å²) in [7, 11) is 0. The molecule has 2 atom stereocenters. The fourth-order valence-corrected chi connectivity index (χ4v) is 12.5. The van der Waals surface area contributed by atoms with Gasteiger partial charge in [0.25, 0.3) is 0 Å². The molecule has 6 heteroatoms. The standard InChI is InChI=1S/C79H153NO5/c1-3-5-7-9-11-13-15-17-19-21-36-39-43-47-51-55-59-63-67-71-77(82)76(75-81)80-78(83)72-68-64-60-56-52-48-44-40-37-34-32-30-28-26-24-23-25-27-29-31-33-35-38-42-46-50-54-58-62-66-70-74-85-79(84)73-69-65-61-57-53-49-45-41-22-20-18-16-14-12-10-8-6-4-2/h20,22,25,27,76-77,81-82H,3-19,21,23-24,26,28-75H2,1-2H3,(H,80,83)/b22-20-,27-25-. The van der Waals surface area contributed by atoms with E-state index in [1.807, 2.05) is 0 Å². The Bertz CT molecular complexity index is 1330. The lowest BCUT2D eigenvalue weighted by Gasteiger charge is -2.22. The van der Waals surface area contributed by atoms with E-state index in [4.69, 9.17) is 4.74 Å². The van der Waals surface area contributed by atoms with Crippen LogP contribution in [0.5, 0.6) is 0 Å². The molecule has 1 amide bonds. The molecule has 0 radical (unpaired) electrons. The third-order valence-corrected chi connectivity index (χ3v) is 18.5. The van der Waals surface area contributed by atoms with E-state index in [2.05, 4.69) is 43.5 Å². The number of ether oxygens (including phenoxy) is 1. The summed E-state index contributed by atoms with van der Waals surface area (Å²) in [5.41, 5.74) is 0. The minimum atomic E-state index is -0.663. The van der Waals surface area contributed by atoms with Crippen molar-refractivity contribution in [1.82, 2.24) is 5.32 Å². The lowest BCUT2D eigenvalue weighted by Crippen LogP contribution is -2.45. The van der Waals surface area contributed by atoms with Gasteiger partial charge in [-0.05, 0) is 77.0 Å². The molecule has 0 fully saturated rings. The molecule has 504 valence electrons. The Labute approximate surface area is 532 Å². The fraction of sp³-hybridized carbons (Fsp3) is 0.924. The van der Waals surface area contributed by atoms with Crippen molar-refractivity contribution in [1.29, 1.82) is 0 Å². The van der Waals surface area contributed by atoms with Crippen LogP contribution in [0, 0.1) is 0 Å². The van der Waals surface area contributed by atoms with Crippen LogP contribution in [0.4, 0.5) is 0 Å². The highest BCUT2D eigenvalue weighted by Gasteiger charge is 2.20. The van der Waals surface area contributed by atoms with E-state index in [1.165, 1.54) is 366 Å². The normalized spacial score (nSPS) is 12.6. The molecule has 2 unspecified atom stereocenters. The Balaban J connectivity index is 3.35. The quantitative estimate of drug-likeness (QED) is 0.0320. The third-order valence-electron chi connectivity index (χ3n) is 18.5. The minimum Gasteiger partial charge on any atom is -0.466 e. The van der Waals surface area contributed by atoms with E-state index in [0.717, 1.165) is 44.9 Å². The first kappa shape index (κ1) is 83.3. The summed E-state index contributed by atoms with van der Waals surface area (Å²) in [6.45, 7) is 5.00. The van der Waals surface area contributed by atoms with Crippen molar-refractivity contribution in [3.8, 4) is 0 Å². The molecule has 0 spiro atoms. The topological polar surface area (TPSA) is 95.9 Å². The van der Waals surface area contributed by atoms with Crippen LogP contribution < -0.4 is 5.32 Å². The number of unbranched alkanes of at least 4 members (excludes halogenated alkanes) is 59. The lowest BCUT2D eigenvalue weighted by atomic mass is 10.0. The van der Waals surface area contributed by atoms with Crippen molar-refractivity contribution in [3.05, 3.63) is 24.3 Å². The van der Waals surface area contributed by atoms with Crippen molar-refractivity contribution in [2.45, 2.75) is 456 Å². The van der Waals surface area contributed by atoms with Gasteiger partial charge in [0.05, 0.1) is 25.4 Å². The number of amides is 1. The van der Waals surface area contributed by atoms with E-state index in [9.17, 15) is 19.8 Å². The first-order chi connectivity index (χ1) is 42.0. The molecular formula is C79H153NO5. The molecule has 0 rings (SSSR count). The maximum atomic E-state index is 12.6. The zero-order chi connectivity index (χ0) is 61.3. The van der Waals surface area contributed by atoms with Crippen molar-refractivity contribution in [2.24, 2.45) is 0 Å². The van der Waals surface area contributed by atoms with Gasteiger partial charge in [0.15, 0.2) is 0 Å². The maximum Gasteiger partial charge on any atom is 0.305 e. The van der Waals surface area contributed by atoms with Crippen LogP contribution in [0.1, 0.15) is 444 Å². The number of esters is 1. The van der Waals surface area contributed by atoms with Gasteiger partial charge < -0.3 is 20.3 Å². The number of aliphatic hydroxyl groups excluding tert-OH is 2. The summed E-state index contributed by atoms with van der Waals surface area (Å²) in [5.74, 6) is -0.0124. The van der Waals surface area contributed by atoms with E-state index in [0.29, 0.717) is 25.9 Å². The Morgan fingerprint density at radius 2 is 0.553 bits per heavy atom. The molecule has 0 saturated heterocycles. The van der Waals surface area contributed by atoms with Crippen LogP contribution in [0.15, 0.2) is 24.3 Å². The lowest BCUT2D eigenvalue weighted by molar-refractivity contribution is -0.143. The van der Waals surface area contributed by atoms with Gasteiger partial charge in [-0.2, -0.15) is 0 Å².